The van der Waals surface area contributed by atoms with Gasteiger partial charge in [0.25, 0.3) is 0 Å². The normalized spacial score (nSPS) is 15.7. The van der Waals surface area contributed by atoms with Gasteiger partial charge in [0.15, 0.2) is 0 Å². The number of amides is 2. The molecule has 0 atom stereocenters. The van der Waals surface area contributed by atoms with E-state index in [0.29, 0.717) is 0 Å². The van der Waals surface area contributed by atoms with Crippen LogP contribution in [0.2, 0.25) is 0 Å². The molecule has 0 saturated carbocycles. The number of rotatable bonds is 3. The van der Waals surface area contributed by atoms with Crippen molar-refractivity contribution in [1.82, 2.24) is 4.90 Å². The number of carbonyl (C=O) groups excluding carboxylic acids is 2. The molecular weight excluding hydrogens is 274 g/mol. The van der Waals surface area contributed by atoms with Gasteiger partial charge in [-0.15, -0.1) is 0 Å². The summed E-state index contributed by atoms with van der Waals surface area (Å²) in [6, 6.07) is 5.99. The third-order valence-corrected chi connectivity index (χ3v) is 3.27. The molecule has 5 nitrogen and oxygen atoms in total. The fraction of sp³-hybridized carbons (Fsp3) is 0.357. The van der Waals surface area contributed by atoms with E-state index in [-0.39, 0.29) is 36.4 Å². The molecule has 1 fully saturated rings. The molecule has 1 heterocycles. The first-order valence-electron chi connectivity index (χ1n) is 6.31. The molecule has 0 unspecified atom stereocenters. The van der Waals surface area contributed by atoms with Gasteiger partial charge in [-0.1, -0.05) is 18.3 Å². The minimum Gasteiger partial charge on any atom is -0.392 e. The molecule has 2 rings (SSSR count). The quantitative estimate of drug-likeness (QED) is 0.658. The number of piperazine rings is 1. The molecule has 2 amide bonds. The van der Waals surface area contributed by atoms with Gasteiger partial charge < -0.3 is 10.6 Å². The van der Waals surface area contributed by atoms with Crippen LogP contribution in [0.5, 0.6) is 0 Å². The largest absolute Gasteiger partial charge is 0.392 e. The number of nitrogens with zero attached hydrogens (tertiary/aromatic N) is 2. The van der Waals surface area contributed by atoms with Crippen molar-refractivity contribution in [3.05, 3.63) is 29.3 Å². The smallest absolute Gasteiger partial charge is 0.249 e. The zero-order valence-electron chi connectivity index (χ0n) is 11.5. The number of aryl methyl sites for hydroxylation is 2. The summed E-state index contributed by atoms with van der Waals surface area (Å²) in [5.41, 5.74) is 8.50. The number of carbonyl (C=O) groups is 2. The average molecular weight is 291 g/mol. The zero-order chi connectivity index (χ0) is 14.9. The minimum atomic E-state index is -0.270. The number of imide groups is 1. The molecule has 0 aliphatic carbocycles. The Labute approximate surface area is 123 Å². The molecule has 20 heavy (non-hydrogen) atoms. The lowest BCUT2D eigenvalue weighted by Crippen LogP contribution is -2.55. The Bertz CT molecular complexity index is 548. The van der Waals surface area contributed by atoms with E-state index in [1.165, 1.54) is 0 Å². The molecule has 1 aliphatic rings. The molecule has 106 valence electrons. The van der Waals surface area contributed by atoms with E-state index in [4.69, 9.17) is 18.0 Å². The van der Waals surface area contributed by atoms with Crippen molar-refractivity contribution in [1.29, 1.82) is 0 Å². The highest BCUT2D eigenvalue weighted by Gasteiger charge is 2.31. The van der Waals surface area contributed by atoms with Crippen LogP contribution in [0.4, 0.5) is 5.69 Å². The van der Waals surface area contributed by atoms with Gasteiger partial charge in [-0.2, -0.15) is 0 Å². The van der Waals surface area contributed by atoms with Crippen molar-refractivity contribution < 1.29 is 9.59 Å². The van der Waals surface area contributed by atoms with E-state index >= 15 is 0 Å². The van der Waals surface area contributed by atoms with Crippen LogP contribution >= 0.6 is 12.2 Å². The van der Waals surface area contributed by atoms with Crippen molar-refractivity contribution in [3.8, 4) is 0 Å². The molecular formula is C14H17N3O2S. The monoisotopic (exact) mass is 291 g/mol. The standard InChI is InChI=1S/C14H17N3O2S/c1-9-3-10(2)5-11(4-9)16-7-13(18)17(6-12(15)20)14(19)8-16/h3-5H,6-8H2,1-2H3,(H2,15,20). The van der Waals surface area contributed by atoms with Gasteiger partial charge in [-0.3, -0.25) is 14.5 Å². The third kappa shape index (κ3) is 3.14. The van der Waals surface area contributed by atoms with Crippen molar-refractivity contribution in [3.63, 3.8) is 0 Å². The minimum absolute atomic E-state index is 0.0215. The maximum Gasteiger partial charge on any atom is 0.249 e. The number of nitrogens with two attached hydrogens (primary N) is 1. The lowest BCUT2D eigenvalue weighted by atomic mass is 10.1. The molecule has 0 aromatic heterocycles. The van der Waals surface area contributed by atoms with E-state index < -0.39 is 0 Å². The van der Waals surface area contributed by atoms with Crippen LogP contribution < -0.4 is 10.6 Å². The number of hydrogen-bond acceptors (Lipinski definition) is 4. The number of hydrogen-bond donors (Lipinski definition) is 1. The van der Waals surface area contributed by atoms with Gasteiger partial charge in [0, 0.05) is 5.69 Å². The highest BCUT2D eigenvalue weighted by Crippen LogP contribution is 2.21. The Morgan fingerprint density at radius 1 is 1.15 bits per heavy atom. The maximum atomic E-state index is 12.0. The summed E-state index contributed by atoms with van der Waals surface area (Å²) < 4.78 is 0. The first kappa shape index (κ1) is 14.5. The first-order valence-corrected chi connectivity index (χ1v) is 6.72. The molecule has 0 bridgehead atoms. The number of benzene rings is 1. The van der Waals surface area contributed by atoms with E-state index in [1.54, 1.807) is 4.90 Å². The van der Waals surface area contributed by atoms with Crippen LogP contribution in [-0.2, 0) is 9.59 Å². The molecule has 1 aliphatic heterocycles. The zero-order valence-corrected chi connectivity index (χ0v) is 12.4. The SMILES string of the molecule is Cc1cc(C)cc(N2CC(=O)N(CC(N)=S)C(=O)C2)c1. The Kier molecular flexibility index (Phi) is 4.04. The summed E-state index contributed by atoms with van der Waals surface area (Å²) in [4.78, 5) is 27.1. The van der Waals surface area contributed by atoms with Crippen LogP contribution in [0.1, 0.15) is 11.1 Å². The topological polar surface area (TPSA) is 66.6 Å². The van der Waals surface area contributed by atoms with Gasteiger partial charge >= 0.3 is 0 Å². The second-order valence-corrected chi connectivity index (χ2v) is 5.57. The van der Waals surface area contributed by atoms with Crippen molar-refractivity contribution in [2.45, 2.75) is 13.8 Å². The summed E-state index contributed by atoms with van der Waals surface area (Å²) in [7, 11) is 0. The van der Waals surface area contributed by atoms with Crippen LogP contribution in [-0.4, -0.2) is 41.3 Å². The number of thiocarbonyl (C=S) groups is 1. The maximum absolute atomic E-state index is 12.0. The molecule has 6 heteroatoms. The molecule has 1 saturated heterocycles. The van der Waals surface area contributed by atoms with Crippen LogP contribution in [0.25, 0.3) is 0 Å². The fourth-order valence-corrected chi connectivity index (χ4v) is 2.47. The van der Waals surface area contributed by atoms with Crippen molar-refractivity contribution >= 4 is 34.7 Å². The number of anilines is 1. The third-order valence-electron chi connectivity index (χ3n) is 3.14. The van der Waals surface area contributed by atoms with Gasteiger partial charge in [-0.05, 0) is 37.1 Å². The second-order valence-electron chi connectivity index (χ2n) is 5.04. The molecule has 1 aromatic rings. The molecule has 2 N–H and O–H groups in total. The van der Waals surface area contributed by atoms with Gasteiger partial charge in [0.2, 0.25) is 11.8 Å². The molecule has 0 radical (unpaired) electrons. The summed E-state index contributed by atoms with van der Waals surface area (Å²) in [6.45, 7) is 4.33. The van der Waals surface area contributed by atoms with Crippen molar-refractivity contribution in [2.75, 3.05) is 24.5 Å². The van der Waals surface area contributed by atoms with Gasteiger partial charge in [0.05, 0.1) is 24.6 Å². The summed E-state index contributed by atoms with van der Waals surface area (Å²) in [5, 5.41) is 0. The summed E-state index contributed by atoms with van der Waals surface area (Å²) in [6.07, 6.45) is 0. The average Bonchev–Trinajstić information content (AvgIpc) is 2.32. The lowest BCUT2D eigenvalue weighted by Gasteiger charge is -2.34. The van der Waals surface area contributed by atoms with Crippen LogP contribution in [0.3, 0.4) is 0 Å². The Hall–Kier alpha value is -1.95. The summed E-state index contributed by atoms with van der Waals surface area (Å²) in [5.74, 6) is -0.540. The van der Waals surface area contributed by atoms with E-state index in [0.717, 1.165) is 21.7 Å². The van der Waals surface area contributed by atoms with E-state index in [9.17, 15) is 9.59 Å². The van der Waals surface area contributed by atoms with Crippen LogP contribution in [0.15, 0.2) is 18.2 Å². The Morgan fingerprint density at radius 2 is 1.65 bits per heavy atom. The second kappa shape index (κ2) is 5.58. The molecule has 1 aromatic carbocycles. The fourth-order valence-electron chi connectivity index (χ4n) is 2.34. The van der Waals surface area contributed by atoms with Crippen LogP contribution in [0, 0.1) is 13.8 Å². The van der Waals surface area contributed by atoms with Crippen molar-refractivity contribution in [2.24, 2.45) is 5.73 Å². The highest BCUT2D eigenvalue weighted by molar-refractivity contribution is 7.80. The first-order chi connectivity index (χ1) is 9.36. The Balaban J connectivity index is 2.20. The van der Waals surface area contributed by atoms with E-state index in [2.05, 4.69) is 6.07 Å². The van der Waals surface area contributed by atoms with E-state index in [1.807, 2.05) is 26.0 Å². The lowest BCUT2D eigenvalue weighted by molar-refractivity contribution is -0.144. The van der Waals surface area contributed by atoms with Gasteiger partial charge in [0.1, 0.15) is 0 Å². The highest BCUT2D eigenvalue weighted by atomic mass is 32.1. The predicted molar refractivity (Wildman–Crippen MR) is 81.6 cm³/mol. The predicted octanol–water partition coefficient (Wildman–Crippen LogP) is 0.765. The summed E-state index contributed by atoms with van der Waals surface area (Å²) >= 11 is 4.76. The Morgan fingerprint density at radius 3 is 2.10 bits per heavy atom. The van der Waals surface area contributed by atoms with Gasteiger partial charge in [-0.25, -0.2) is 0 Å². The molecule has 0 spiro atoms.